The highest BCUT2D eigenvalue weighted by molar-refractivity contribution is 6.00. The Hall–Kier alpha value is -2.50. The molecule has 1 aromatic rings. The smallest absolute Gasteiger partial charge is 0.309 e. The van der Waals surface area contributed by atoms with E-state index in [1.54, 1.807) is 38.1 Å². The first-order valence-corrected chi connectivity index (χ1v) is 5.99. The fourth-order valence-electron chi connectivity index (χ4n) is 1.58. The van der Waals surface area contributed by atoms with Crippen molar-refractivity contribution in [2.45, 2.75) is 26.7 Å². The van der Waals surface area contributed by atoms with Crippen LogP contribution in [-0.2, 0) is 9.59 Å². The van der Waals surface area contributed by atoms with Crippen molar-refractivity contribution >= 4 is 34.7 Å². The minimum atomic E-state index is -0.950. The molecule has 0 amide bonds. The fourth-order valence-corrected chi connectivity index (χ4v) is 1.58. The van der Waals surface area contributed by atoms with Gasteiger partial charge in [0.25, 0.3) is 0 Å². The molecule has 0 saturated carbocycles. The van der Waals surface area contributed by atoms with Gasteiger partial charge in [-0.3, -0.25) is 19.6 Å². The Morgan fingerprint density at radius 1 is 0.900 bits per heavy atom. The quantitative estimate of drug-likeness (QED) is 0.780. The number of carbonyl (C=O) groups is 2. The minimum absolute atomic E-state index is 0.147. The fraction of sp³-hybridized carbons (Fsp3) is 0.286. The van der Waals surface area contributed by atoms with E-state index in [1.165, 1.54) is 0 Å². The lowest BCUT2D eigenvalue weighted by Crippen LogP contribution is -2.03. The van der Waals surface area contributed by atoms with E-state index in [9.17, 15) is 9.59 Å². The van der Waals surface area contributed by atoms with Crippen LogP contribution in [0.4, 0.5) is 11.4 Å². The summed E-state index contributed by atoms with van der Waals surface area (Å²) in [6.07, 6.45) is -0.293. The zero-order valence-electron chi connectivity index (χ0n) is 11.3. The third-order valence-corrected chi connectivity index (χ3v) is 2.32. The molecule has 0 aliphatic heterocycles. The third kappa shape index (κ3) is 5.43. The Labute approximate surface area is 116 Å². The first-order valence-electron chi connectivity index (χ1n) is 5.99. The van der Waals surface area contributed by atoms with Crippen molar-refractivity contribution in [3.05, 3.63) is 24.3 Å². The SMILES string of the molecule is C/C(CC(=O)O)=N\c1ccccc1/N=C(\C)CC(=O)O. The third-order valence-electron chi connectivity index (χ3n) is 2.32. The summed E-state index contributed by atoms with van der Waals surface area (Å²) in [5, 5.41) is 17.4. The highest BCUT2D eigenvalue weighted by Gasteiger charge is 2.05. The average Bonchev–Trinajstić information content (AvgIpc) is 2.29. The Kier molecular flexibility index (Phi) is 5.58. The Morgan fingerprint density at radius 3 is 1.55 bits per heavy atom. The average molecular weight is 276 g/mol. The van der Waals surface area contributed by atoms with Gasteiger partial charge >= 0.3 is 11.9 Å². The van der Waals surface area contributed by atoms with E-state index in [4.69, 9.17) is 10.2 Å². The monoisotopic (exact) mass is 276 g/mol. The van der Waals surface area contributed by atoms with E-state index in [1.807, 2.05) is 0 Å². The number of nitrogens with zero attached hydrogens (tertiary/aromatic N) is 2. The molecular formula is C14H16N2O4. The Morgan fingerprint density at radius 2 is 1.25 bits per heavy atom. The Bertz CT molecular complexity index is 525. The van der Waals surface area contributed by atoms with Crippen molar-refractivity contribution in [3.63, 3.8) is 0 Å². The van der Waals surface area contributed by atoms with Gasteiger partial charge in [-0.25, -0.2) is 0 Å². The zero-order chi connectivity index (χ0) is 15.1. The molecule has 0 bridgehead atoms. The molecule has 2 N–H and O–H groups in total. The van der Waals surface area contributed by atoms with Crippen LogP contribution in [0.3, 0.4) is 0 Å². The summed E-state index contributed by atoms with van der Waals surface area (Å²) >= 11 is 0. The van der Waals surface area contributed by atoms with Crippen molar-refractivity contribution in [1.82, 2.24) is 0 Å². The van der Waals surface area contributed by atoms with Crippen LogP contribution in [0.15, 0.2) is 34.3 Å². The molecule has 6 heteroatoms. The first kappa shape index (κ1) is 15.6. The van der Waals surface area contributed by atoms with Gasteiger partial charge in [0.1, 0.15) is 0 Å². The molecule has 0 fully saturated rings. The minimum Gasteiger partial charge on any atom is -0.481 e. The van der Waals surface area contributed by atoms with Crippen LogP contribution in [0.25, 0.3) is 0 Å². The Balaban J connectivity index is 3.05. The van der Waals surface area contributed by atoms with Crippen LogP contribution in [0.1, 0.15) is 26.7 Å². The maximum atomic E-state index is 10.6. The van der Waals surface area contributed by atoms with Crippen LogP contribution in [0.2, 0.25) is 0 Å². The molecule has 0 unspecified atom stereocenters. The number of hydrogen-bond donors (Lipinski definition) is 2. The lowest BCUT2D eigenvalue weighted by atomic mass is 10.2. The summed E-state index contributed by atoms with van der Waals surface area (Å²) in [6, 6.07) is 6.94. The molecule has 6 nitrogen and oxygen atoms in total. The molecular weight excluding hydrogens is 260 g/mol. The van der Waals surface area contributed by atoms with Crippen molar-refractivity contribution in [1.29, 1.82) is 0 Å². The van der Waals surface area contributed by atoms with Crippen LogP contribution in [-0.4, -0.2) is 33.6 Å². The molecule has 20 heavy (non-hydrogen) atoms. The highest BCUT2D eigenvalue weighted by Crippen LogP contribution is 2.28. The van der Waals surface area contributed by atoms with Gasteiger partial charge in [0.15, 0.2) is 0 Å². The topological polar surface area (TPSA) is 99.3 Å². The van der Waals surface area contributed by atoms with Crippen LogP contribution >= 0.6 is 0 Å². The van der Waals surface area contributed by atoms with Crippen LogP contribution in [0.5, 0.6) is 0 Å². The molecule has 0 saturated heterocycles. The summed E-state index contributed by atoms with van der Waals surface area (Å²) in [4.78, 5) is 29.6. The number of benzene rings is 1. The largest absolute Gasteiger partial charge is 0.481 e. The molecule has 1 aromatic carbocycles. The van der Waals surface area contributed by atoms with Gasteiger partial charge in [0.2, 0.25) is 0 Å². The van der Waals surface area contributed by atoms with Gasteiger partial charge in [-0.2, -0.15) is 0 Å². The van der Waals surface area contributed by atoms with E-state index < -0.39 is 11.9 Å². The maximum Gasteiger partial charge on any atom is 0.309 e. The molecule has 0 aliphatic carbocycles. The summed E-state index contributed by atoms with van der Waals surface area (Å²) in [6.45, 7) is 3.25. The summed E-state index contributed by atoms with van der Waals surface area (Å²) in [5.41, 5.74) is 1.96. The molecule has 1 rings (SSSR count). The van der Waals surface area contributed by atoms with Crippen LogP contribution in [0, 0.1) is 0 Å². The standard InChI is InChI=1S/C14H16N2O4/c1-9(7-13(17)18)15-11-5-3-4-6-12(11)16-10(2)8-14(19)20/h3-6H,7-8H2,1-2H3,(H,17,18)(H,19,20)/b15-9+,16-10+. The van der Waals surface area contributed by atoms with Gasteiger partial charge in [0, 0.05) is 11.4 Å². The summed E-state index contributed by atoms with van der Waals surface area (Å²) in [7, 11) is 0. The van der Waals surface area contributed by atoms with E-state index in [0.717, 1.165) is 0 Å². The van der Waals surface area contributed by atoms with Crippen molar-refractivity contribution in [2.24, 2.45) is 9.98 Å². The molecule has 0 aromatic heterocycles. The molecule has 0 heterocycles. The second kappa shape index (κ2) is 7.18. The number of para-hydroxylation sites is 2. The highest BCUT2D eigenvalue weighted by atomic mass is 16.4. The van der Waals surface area contributed by atoms with Crippen molar-refractivity contribution < 1.29 is 19.8 Å². The molecule has 0 atom stereocenters. The number of hydrogen-bond acceptors (Lipinski definition) is 4. The zero-order valence-corrected chi connectivity index (χ0v) is 11.3. The molecule has 0 radical (unpaired) electrons. The summed E-state index contributed by atoms with van der Waals surface area (Å²) in [5.74, 6) is -1.90. The number of aliphatic carboxylic acids is 2. The molecule has 0 aliphatic rings. The van der Waals surface area contributed by atoms with E-state index >= 15 is 0 Å². The predicted octanol–water partition coefficient (Wildman–Crippen LogP) is 2.82. The van der Waals surface area contributed by atoms with Crippen molar-refractivity contribution in [2.75, 3.05) is 0 Å². The lowest BCUT2D eigenvalue weighted by Gasteiger charge is -2.03. The first-order chi connectivity index (χ1) is 9.38. The lowest BCUT2D eigenvalue weighted by molar-refractivity contribution is -0.136. The number of carboxylic acid groups (broad SMARTS) is 2. The summed E-state index contributed by atoms with van der Waals surface area (Å²) < 4.78 is 0. The normalized spacial score (nSPS) is 12.3. The molecule has 0 spiro atoms. The van der Waals surface area contributed by atoms with Crippen LogP contribution < -0.4 is 0 Å². The number of carboxylic acids is 2. The number of aliphatic imine (C=N–C) groups is 2. The second-order valence-corrected chi connectivity index (χ2v) is 4.32. The van der Waals surface area contributed by atoms with E-state index in [2.05, 4.69) is 9.98 Å². The van der Waals surface area contributed by atoms with Gasteiger partial charge < -0.3 is 10.2 Å². The van der Waals surface area contributed by atoms with Gasteiger partial charge in [0.05, 0.1) is 24.2 Å². The number of rotatable bonds is 6. The van der Waals surface area contributed by atoms with Gasteiger partial charge in [-0.05, 0) is 26.0 Å². The van der Waals surface area contributed by atoms with E-state index in [0.29, 0.717) is 22.8 Å². The predicted molar refractivity (Wildman–Crippen MR) is 76.5 cm³/mol. The maximum absolute atomic E-state index is 10.6. The molecule has 106 valence electrons. The van der Waals surface area contributed by atoms with E-state index in [-0.39, 0.29) is 12.8 Å². The van der Waals surface area contributed by atoms with Gasteiger partial charge in [-0.1, -0.05) is 12.1 Å². The van der Waals surface area contributed by atoms with Gasteiger partial charge in [-0.15, -0.1) is 0 Å². The van der Waals surface area contributed by atoms with Crippen molar-refractivity contribution in [3.8, 4) is 0 Å². The second-order valence-electron chi connectivity index (χ2n) is 4.32.